The minimum Gasteiger partial charge on any atom is -0.263 e. The molecule has 0 aliphatic rings. The van der Waals surface area contributed by atoms with E-state index in [0.29, 0.717) is 4.90 Å². The van der Waals surface area contributed by atoms with E-state index in [-0.39, 0.29) is 0 Å². The number of nitrogens with zero attached hydrogens (tertiary/aromatic N) is 2. The molecule has 0 bridgehead atoms. The third-order valence-electron chi connectivity index (χ3n) is 1.67. The predicted molar refractivity (Wildman–Crippen MR) is 47.3 cm³/mol. The lowest BCUT2D eigenvalue weighted by Crippen LogP contribution is -2.13. The minimum atomic E-state index is -4.30. The minimum absolute atomic E-state index is 0.310. The summed E-state index contributed by atoms with van der Waals surface area (Å²) in [4.78, 5) is 0.310. The summed E-state index contributed by atoms with van der Waals surface area (Å²) in [6.07, 6.45) is 0.560. The molecule has 1 aromatic heterocycles. The Balaban J connectivity index is 3.25. The highest BCUT2D eigenvalue weighted by molar-refractivity contribution is 8.15. The van der Waals surface area contributed by atoms with Crippen LogP contribution in [-0.2, 0) is 13.2 Å². The predicted octanol–water partition coefficient (Wildman–Crippen LogP) is 2.06. The van der Waals surface area contributed by atoms with Gasteiger partial charge in [-0.2, -0.15) is 18.3 Å². The molecule has 1 rings (SSSR count). The summed E-state index contributed by atoms with van der Waals surface area (Å²) in [6, 6.07) is 0. The van der Waals surface area contributed by atoms with Crippen LogP contribution in [-0.4, -0.2) is 22.3 Å². The molecule has 13 heavy (non-hydrogen) atoms. The van der Waals surface area contributed by atoms with E-state index >= 15 is 0 Å². The molecule has 0 aliphatic carbocycles. The third-order valence-corrected chi connectivity index (χ3v) is 2.96. The van der Waals surface area contributed by atoms with Crippen molar-refractivity contribution >= 4 is 10.9 Å². The Morgan fingerprint density at radius 1 is 1.38 bits per heavy atom. The van der Waals surface area contributed by atoms with Crippen LogP contribution in [0.5, 0.6) is 0 Å². The van der Waals surface area contributed by atoms with Gasteiger partial charge in [0.05, 0.1) is 6.20 Å². The molecule has 1 aromatic rings. The fourth-order valence-corrected chi connectivity index (χ4v) is 2.06. The van der Waals surface area contributed by atoms with Crippen LogP contribution >= 0.6 is 10.9 Å². The first-order chi connectivity index (χ1) is 5.84. The molecular weight excluding hydrogens is 201 g/mol. The number of halogens is 3. The fraction of sp³-hybridized carbons (Fsp3) is 0.571. The average molecular weight is 212 g/mol. The zero-order valence-corrected chi connectivity index (χ0v) is 8.45. The molecule has 1 heterocycles. The molecule has 0 amide bonds. The van der Waals surface area contributed by atoms with Crippen LogP contribution in [0.2, 0.25) is 0 Å². The quantitative estimate of drug-likeness (QED) is 0.705. The van der Waals surface area contributed by atoms with Crippen molar-refractivity contribution in [1.29, 1.82) is 0 Å². The maximum atomic E-state index is 12.5. The molecule has 0 aliphatic heterocycles. The average Bonchev–Trinajstić information content (AvgIpc) is 2.28. The number of thiol groups is 1. The normalized spacial score (nSPS) is 13.2. The van der Waals surface area contributed by atoms with Crippen molar-refractivity contribution in [3.05, 3.63) is 11.9 Å². The van der Waals surface area contributed by atoms with Crippen LogP contribution < -0.4 is 0 Å². The summed E-state index contributed by atoms with van der Waals surface area (Å²) in [5.74, 6) is 0. The number of hydrogen-bond acceptors (Lipinski definition) is 1. The Morgan fingerprint density at radius 3 is 2.23 bits per heavy atom. The lowest BCUT2D eigenvalue weighted by molar-refractivity contribution is -0.145. The topological polar surface area (TPSA) is 17.8 Å². The standard InChI is InChI=1S/C7H11F3N2S/c1-12-6(7(8,9)10)5(4-11-12)13(2)3/h4,13H,1-3H3. The van der Waals surface area contributed by atoms with Gasteiger partial charge in [-0.05, 0) is 12.5 Å². The van der Waals surface area contributed by atoms with Crippen molar-refractivity contribution < 1.29 is 13.2 Å². The molecule has 76 valence electrons. The lowest BCUT2D eigenvalue weighted by atomic mass is 10.4. The molecular formula is C7H11F3N2S. The van der Waals surface area contributed by atoms with Crippen LogP contribution in [0.25, 0.3) is 0 Å². The van der Waals surface area contributed by atoms with E-state index in [1.54, 1.807) is 12.5 Å². The van der Waals surface area contributed by atoms with E-state index in [0.717, 1.165) is 4.68 Å². The van der Waals surface area contributed by atoms with Gasteiger partial charge in [-0.15, -0.1) is 0 Å². The molecule has 0 atom stereocenters. The first-order valence-electron chi connectivity index (χ1n) is 3.60. The first-order valence-corrected chi connectivity index (χ1v) is 5.84. The Labute approximate surface area is 77.1 Å². The Morgan fingerprint density at radius 2 is 1.92 bits per heavy atom. The van der Waals surface area contributed by atoms with Crippen molar-refractivity contribution in [2.24, 2.45) is 7.05 Å². The molecule has 0 N–H and O–H groups in total. The van der Waals surface area contributed by atoms with Crippen molar-refractivity contribution in [2.75, 3.05) is 12.5 Å². The van der Waals surface area contributed by atoms with Crippen LogP contribution in [0.3, 0.4) is 0 Å². The summed E-state index contributed by atoms with van der Waals surface area (Å²) in [5, 5.41) is 3.62. The summed E-state index contributed by atoms with van der Waals surface area (Å²) in [7, 11) is 0.548. The van der Waals surface area contributed by atoms with Gasteiger partial charge in [0.1, 0.15) is 0 Å². The van der Waals surface area contributed by atoms with Gasteiger partial charge in [0.15, 0.2) is 5.69 Å². The fourth-order valence-electron chi connectivity index (χ4n) is 1.08. The second-order valence-corrected chi connectivity index (χ2v) is 5.16. The van der Waals surface area contributed by atoms with Crippen molar-refractivity contribution in [3.8, 4) is 0 Å². The van der Waals surface area contributed by atoms with Crippen molar-refractivity contribution in [1.82, 2.24) is 9.78 Å². The number of alkyl halides is 3. The summed E-state index contributed by atoms with van der Waals surface area (Å²) >= 11 is 0. The van der Waals surface area contributed by atoms with Crippen LogP contribution in [0.1, 0.15) is 5.69 Å². The largest absolute Gasteiger partial charge is 0.434 e. The Kier molecular flexibility index (Phi) is 2.61. The number of hydrogen-bond donors (Lipinski definition) is 1. The smallest absolute Gasteiger partial charge is 0.263 e. The van der Waals surface area contributed by atoms with E-state index < -0.39 is 22.8 Å². The van der Waals surface area contributed by atoms with E-state index in [1.807, 2.05) is 0 Å². The van der Waals surface area contributed by atoms with Crippen LogP contribution in [0.4, 0.5) is 13.2 Å². The third kappa shape index (κ3) is 1.99. The van der Waals surface area contributed by atoms with Crippen LogP contribution in [0, 0.1) is 0 Å². The van der Waals surface area contributed by atoms with E-state index in [9.17, 15) is 13.2 Å². The van der Waals surface area contributed by atoms with Gasteiger partial charge in [-0.25, -0.2) is 10.9 Å². The molecule has 2 nitrogen and oxygen atoms in total. The molecule has 0 saturated heterocycles. The Hall–Kier alpha value is -0.650. The highest BCUT2D eigenvalue weighted by atomic mass is 32.2. The summed E-state index contributed by atoms with van der Waals surface area (Å²) in [6.45, 7) is 0. The van der Waals surface area contributed by atoms with Gasteiger partial charge in [0.2, 0.25) is 0 Å². The van der Waals surface area contributed by atoms with Gasteiger partial charge >= 0.3 is 6.18 Å². The summed E-state index contributed by atoms with van der Waals surface area (Å²) < 4.78 is 38.2. The second kappa shape index (κ2) is 3.25. The van der Waals surface area contributed by atoms with Crippen molar-refractivity contribution in [2.45, 2.75) is 11.1 Å². The molecule has 0 radical (unpaired) electrons. The van der Waals surface area contributed by atoms with Crippen LogP contribution in [0.15, 0.2) is 11.1 Å². The Bertz CT molecular complexity index is 303. The molecule has 0 unspecified atom stereocenters. The van der Waals surface area contributed by atoms with Gasteiger partial charge in [-0.1, -0.05) is 0 Å². The van der Waals surface area contributed by atoms with E-state index in [1.165, 1.54) is 13.2 Å². The van der Waals surface area contributed by atoms with Gasteiger partial charge in [0, 0.05) is 11.9 Å². The zero-order valence-electron chi connectivity index (χ0n) is 7.55. The lowest BCUT2D eigenvalue weighted by Gasteiger charge is -2.13. The molecule has 6 heteroatoms. The van der Waals surface area contributed by atoms with Gasteiger partial charge in [-0.3, -0.25) is 4.68 Å². The number of aromatic nitrogens is 2. The molecule has 0 saturated carbocycles. The summed E-state index contributed by atoms with van der Waals surface area (Å²) in [5.41, 5.74) is -0.622. The highest BCUT2D eigenvalue weighted by Gasteiger charge is 2.37. The maximum Gasteiger partial charge on any atom is 0.434 e. The number of aryl methyl sites for hydroxylation is 1. The first kappa shape index (κ1) is 10.4. The SMILES string of the molecule is Cn1ncc([SH](C)C)c1C(F)(F)F. The zero-order chi connectivity index (χ0) is 10.2. The molecule has 0 fully saturated rings. The van der Waals surface area contributed by atoms with Crippen molar-refractivity contribution in [3.63, 3.8) is 0 Å². The van der Waals surface area contributed by atoms with E-state index in [2.05, 4.69) is 5.10 Å². The molecule has 0 aromatic carbocycles. The van der Waals surface area contributed by atoms with E-state index in [4.69, 9.17) is 0 Å². The number of rotatable bonds is 1. The maximum absolute atomic E-state index is 12.5. The second-order valence-electron chi connectivity index (χ2n) is 2.89. The van der Waals surface area contributed by atoms with Gasteiger partial charge < -0.3 is 0 Å². The van der Waals surface area contributed by atoms with Gasteiger partial charge in [0.25, 0.3) is 0 Å². The monoisotopic (exact) mass is 212 g/mol. The highest BCUT2D eigenvalue weighted by Crippen LogP contribution is 2.40. The molecule has 0 spiro atoms.